The number of carbonyl (C=O) groups excluding carboxylic acids is 1. The van der Waals surface area contributed by atoms with Gasteiger partial charge in [-0.2, -0.15) is 0 Å². The summed E-state index contributed by atoms with van der Waals surface area (Å²) < 4.78 is 5.38. The fourth-order valence-corrected chi connectivity index (χ4v) is 2.63. The molecule has 2 rings (SSSR count). The van der Waals surface area contributed by atoms with E-state index in [1.165, 1.54) is 6.42 Å². The molecule has 5 heteroatoms. The van der Waals surface area contributed by atoms with Gasteiger partial charge in [-0.1, -0.05) is 6.92 Å². The van der Waals surface area contributed by atoms with E-state index < -0.39 is 0 Å². The Labute approximate surface area is 109 Å². The zero-order valence-corrected chi connectivity index (χ0v) is 11.4. The van der Waals surface area contributed by atoms with E-state index in [0.717, 1.165) is 45.9 Å². The van der Waals surface area contributed by atoms with E-state index in [4.69, 9.17) is 4.74 Å². The average molecular weight is 255 g/mol. The van der Waals surface area contributed by atoms with Crippen LogP contribution in [0, 0.1) is 0 Å². The van der Waals surface area contributed by atoms with Crippen molar-refractivity contribution in [2.45, 2.75) is 25.8 Å². The Bertz CT molecular complexity index is 259. The number of ether oxygens (including phenoxy) is 1. The van der Waals surface area contributed by atoms with Crippen LogP contribution in [0.4, 0.5) is 0 Å². The van der Waals surface area contributed by atoms with Gasteiger partial charge in [-0.25, -0.2) is 0 Å². The molecule has 0 bridgehead atoms. The number of amides is 1. The molecule has 2 fully saturated rings. The fourth-order valence-electron chi connectivity index (χ4n) is 2.63. The molecule has 1 amide bonds. The molecule has 2 heterocycles. The van der Waals surface area contributed by atoms with Crippen molar-refractivity contribution in [3.63, 3.8) is 0 Å². The van der Waals surface area contributed by atoms with Gasteiger partial charge in [0.05, 0.1) is 13.2 Å². The standard InChI is InChI=1S/C13H25N3O2/c1-2-4-15-5-7-16(8-6-15)13(17)10-12-11-18-9-3-14-12/h12,14H,2-11H2,1H3. The number of hydrogen-bond acceptors (Lipinski definition) is 4. The van der Waals surface area contributed by atoms with Gasteiger partial charge in [0.2, 0.25) is 5.91 Å². The average Bonchev–Trinajstić information content (AvgIpc) is 2.41. The van der Waals surface area contributed by atoms with Crippen LogP contribution in [0.2, 0.25) is 0 Å². The molecule has 1 atom stereocenters. The van der Waals surface area contributed by atoms with E-state index in [1.54, 1.807) is 0 Å². The lowest BCUT2D eigenvalue weighted by Crippen LogP contribution is -2.51. The molecule has 2 aliphatic heterocycles. The summed E-state index contributed by atoms with van der Waals surface area (Å²) in [6, 6.07) is 0.208. The normalized spacial score (nSPS) is 26.3. The molecule has 0 spiro atoms. The van der Waals surface area contributed by atoms with E-state index >= 15 is 0 Å². The van der Waals surface area contributed by atoms with E-state index in [0.29, 0.717) is 13.0 Å². The fraction of sp³-hybridized carbons (Fsp3) is 0.923. The summed E-state index contributed by atoms with van der Waals surface area (Å²) in [5.74, 6) is 0.272. The van der Waals surface area contributed by atoms with Crippen LogP contribution in [0.5, 0.6) is 0 Å². The number of carbonyl (C=O) groups is 1. The highest BCUT2D eigenvalue weighted by atomic mass is 16.5. The second kappa shape index (κ2) is 7.07. The van der Waals surface area contributed by atoms with Crippen molar-refractivity contribution >= 4 is 5.91 Å². The number of morpholine rings is 1. The SMILES string of the molecule is CCCN1CCN(C(=O)CC2COCCN2)CC1. The summed E-state index contributed by atoms with van der Waals surface area (Å²) in [6.45, 7) is 9.46. The largest absolute Gasteiger partial charge is 0.378 e. The van der Waals surface area contributed by atoms with E-state index in [2.05, 4.69) is 17.1 Å². The quantitative estimate of drug-likeness (QED) is 0.763. The maximum atomic E-state index is 12.1. The molecule has 104 valence electrons. The van der Waals surface area contributed by atoms with Crippen molar-refractivity contribution in [3.05, 3.63) is 0 Å². The van der Waals surface area contributed by atoms with Gasteiger partial charge >= 0.3 is 0 Å². The first-order chi connectivity index (χ1) is 8.79. The molecular formula is C13H25N3O2. The number of hydrogen-bond donors (Lipinski definition) is 1. The van der Waals surface area contributed by atoms with Crippen LogP contribution in [0.25, 0.3) is 0 Å². The lowest BCUT2D eigenvalue weighted by Gasteiger charge is -2.35. The molecule has 0 aromatic heterocycles. The predicted molar refractivity (Wildman–Crippen MR) is 70.5 cm³/mol. The molecule has 1 unspecified atom stereocenters. The van der Waals surface area contributed by atoms with Crippen LogP contribution < -0.4 is 5.32 Å². The molecule has 18 heavy (non-hydrogen) atoms. The van der Waals surface area contributed by atoms with Crippen LogP contribution >= 0.6 is 0 Å². The third kappa shape index (κ3) is 3.93. The molecule has 0 radical (unpaired) electrons. The zero-order valence-electron chi connectivity index (χ0n) is 11.4. The van der Waals surface area contributed by atoms with Crippen LogP contribution in [-0.4, -0.2) is 74.2 Å². The zero-order chi connectivity index (χ0) is 12.8. The first kappa shape index (κ1) is 13.8. The van der Waals surface area contributed by atoms with Crippen molar-refractivity contribution in [2.75, 3.05) is 52.5 Å². The van der Waals surface area contributed by atoms with Gasteiger partial charge in [-0.05, 0) is 13.0 Å². The lowest BCUT2D eigenvalue weighted by molar-refractivity contribution is -0.134. The summed E-state index contributed by atoms with van der Waals surface area (Å²) in [5.41, 5.74) is 0. The number of nitrogens with zero attached hydrogens (tertiary/aromatic N) is 2. The van der Waals surface area contributed by atoms with Crippen molar-refractivity contribution < 1.29 is 9.53 Å². The smallest absolute Gasteiger partial charge is 0.224 e. The van der Waals surface area contributed by atoms with Crippen molar-refractivity contribution in [1.82, 2.24) is 15.1 Å². The second-order valence-corrected chi connectivity index (χ2v) is 5.15. The number of rotatable bonds is 4. The Kier molecular flexibility index (Phi) is 5.41. The highest BCUT2D eigenvalue weighted by Crippen LogP contribution is 2.07. The third-order valence-corrected chi connectivity index (χ3v) is 3.68. The molecule has 5 nitrogen and oxygen atoms in total. The molecule has 0 aromatic rings. The van der Waals surface area contributed by atoms with E-state index in [9.17, 15) is 4.79 Å². The maximum absolute atomic E-state index is 12.1. The van der Waals surface area contributed by atoms with Crippen LogP contribution in [-0.2, 0) is 9.53 Å². The van der Waals surface area contributed by atoms with Crippen molar-refractivity contribution in [2.24, 2.45) is 0 Å². The third-order valence-electron chi connectivity index (χ3n) is 3.68. The van der Waals surface area contributed by atoms with Gasteiger partial charge in [0.1, 0.15) is 0 Å². The number of nitrogens with one attached hydrogen (secondary N) is 1. The minimum Gasteiger partial charge on any atom is -0.378 e. The Balaban J connectivity index is 1.70. The van der Waals surface area contributed by atoms with Gasteiger partial charge in [0, 0.05) is 45.2 Å². The number of piperazine rings is 1. The van der Waals surface area contributed by atoms with E-state index in [1.807, 2.05) is 4.90 Å². The molecule has 2 saturated heterocycles. The monoisotopic (exact) mass is 255 g/mol. The summed E-state index contributed by atoms with van der Waals surface area (Å²) in [5, 5.41) is 3.34. The summed E-state index contributed by atoms with van der Waals surface area (Å²) in [7, 11) is 0. The summed E-state index contributed by atoms with van der Waals surface area (Å²) >= 11 is 0. The Morgan fingerprint density at radius 1 is 1.33 bits per heavy atom. The minimum absolute atomic E-state index is 0.208. The van der Waals surface area contributed by atoms with Crippen molar-refractivity contribution in [3.8, 4) is 0 Å². The highest BCUT2D eigenvalue weighted by Gasteiger charge is 2.24. The Morgan fingerprint density at radius 3 is 2.72 bits per heavy atom. The topological polar surface area (TPSA) is 44.8 Å². The van der Waals surface area contributed by atoms with Crippen LogP contribution in [0.15, 0.2) is 0 Å². The van der Waals surface area contributed by atoms with Gasteiger partial charge in [-0.15, -0.1) is 0 Å². The van der Waals surface area contributed by atoms with Gasteiger partial charge in [-0.3, -0.25) is 9.69 Å². The molecule has 2 aliphatic rings. The van der Waals surface area contributed by atoms with Crippen LogP contribution in [0.1, 0.15) is 19.8 Å². The van der Waals surface area contributed by atoms with E-state index in [-0.39, 0.29) is 11.9 Å². The first-order valence-corrected chi connectivity index (χ1v) is 7.11. The minimum atomic E-state index is 0.208. The van der Waals surface area contributed by atoms with Gasteiger partial charge in [0.25, 0.3) is 0 Å². The first-order valence-electron chi connectivity index (χ1n) is 7.11. The molecule has 0 aliphatic carbocycles. The second-order valence-electron chi connectivity index (χ2n) is 5.15. The van der Waals surface area contributed by atoms with Crippen LogP contribution in [0.3, 0.4) is 0 Å². The summed E-state index contributed by atoms with van der Waals surface area (Å²) in [4.78, 5) is 16.6. The summed E-state index contributed by atoms with van der Waals surface area (Å²) in [6.07, 6.45) is 1.77. The predicted octanol–water partition coefficient (Wildman–Crippen LogP) is -0.0809. The molecular weight excluding hydrogens is 230 g/mol. The molecule has 0 saturated carbocycles. The van der Waals surface area contributed by atoms with Gasteiger partial charge in [0.15, 0.2) is 0 Å². The lowest BCUT2D eigenvalue weighted by atomic mass is 10.1. The van der Waals surface area contributed by atoms with Crippen molar-refractivity contribution in [1.29, 1.82) is 0 Å². The Morgan fingerprint density at radius 2 is 2.11 bits per heavy atom. The molecule has 1 N–H and O–H groups in total. The highest BCUT2D eigenvalue weighted by molar-refractivity contribution is 5.77. The van der Waals surface area contributed by atoms with Gasteiger partial charge < -0.3 is 15.0 Å². The Hall–Kier alpha value is -0.650. The maximum Gasteiger partial charge on any atom is 0.224 e. The molecule has 0 aromatic carbocycles.